The molecule has 3 aromatic rings. The Labute approximate surface area is 158 Å². The highest BCUT2D eigenvalue weighted by molar-refractivity contribution is 7.98. The quantitative estimate of drug-likeness (QED) is 0.557. The first-order valence-electron chi connectivity index (χ1n) is 8.53. The summed E-state index contributed by atoms with van der Waals surface area (Å²) in [5.74, 6) is 0.754. The fourth-order valence-electron chi connectivity index (χ4n) is 2.73. The van der Waals surface area contributed by atoms with E-state index in [1.807, 2.05) is 26.0 Å². The van der Waals surface area contributed by atoms with E-state index in [1.165, 1.54) is 27.2 Å². The number of sulfonamides is 1. The number of hydrogen-bond donors (Lipinski definition) is 0. The molecule has 138 valence electrons. The molecule has 1 heterocycles. The molecule has 0 aliphatic rings. The molecule has 5 nitrogen and oxygen atoms in total. The molecular weight excluding hydrogens is 368 g/mol. The van der Waals surface area contributed by atoms with Crippen molar-refractivity contribution in [2.45, 2.75) is 36.6 Å². The highest BCUT2D eigenvalue weighted by atomic mass is 32.2. The number of benzene rings is 2. The summed E-state index contributed by atoms with van der Waals surface area (Å²) in [5, 5.41) is 0.542. The van der Waals surface area contributed by atoms with Gasteiger partial charge in [-0.1, -0.05) is 49.9 Å². The number of aryl methyl sites for hydroxylation is 1. The Balaban J connectivity index is 1.85. The molecule has 0 saturated carbocycles. The van der Waals surface area contributed by atoms with Gasteiger partial charge in [0.25, 0.3) is 5.22 Å². The fourth-order valence-corrected chi connectivity index (χ4v) is 5.13. The largest absolute Gasteiger partial charge is 0.431 e. The van der Waals surface area contributed by atoms with Gasteiger partial charge in [0.15, 0.2) is 5.58 Å². The Kier molecular flexibility index (Phi) is 5.70. The molecule has 0 spiro atoms. The number of oxazole rings is 1. The summed E-state index contributed by atoms with van der Waals surface area (Å²) >= 11 is 1.50. The highest BCUT2D eigenvalue weighted by Crippen LogP contribution is 2.29. The summed E-state index contributed by atoms with van der Waals surface area (Å²) in [6, 6.07) is 13.0. The number of aromatic nitrogens is 1. The molecule has 0 N–H and O–H groups in total. The molecule has 0 unspecified atom stereocenters. The van der Waals surface area contributed by atoms with E-state index < -0.39 is 10.0 Å². The minimum atomic E-state index is -3.50. The molecule has 26 heavy (non-hydrogen) atoms. The van der Waals surface area contributed by atoms with E-state index in [9.17, 15) is 8.42 Å². The average Bonchev–Trinajstić information content (AvgIpc) is 3.04. The fraction of sp³-hybridized carbons (Fsp3) is 0.316. The molecule has 0 saturated heterocycles. The highest BCUT2D eigenvalue weighted by Gasteiger charge is 2.22. The van der Waals surface area contributed by atoms with Gasteiger partial charge in [0.2, 0.25) is 10.0 Å². The van der Waals surface area contributed by atoms with E-state index in [0.29, 0.717) is 29.4 Å². The Morgan fingerprint density at radius 3 is 2.54 bits per heavy atom. The average molecular weight is 391 g/mol. The minimum absolute atomic E-state index is 0.248. The van der Waals surface area contributed by atoms with Crippen LogP contribution in [0.4, 0.5) is 0 Å². The zero-order valence-electron chi connectivity index (χ0n) is 15.1. The second-order valence-electron chi connectivity index (χ2n) is 5.91. The normalized spacial score (nSPS) is 12.2. The van der Waals surface area contributed by atoms with Crippen LogP contribution in [-0.2, 0) is 15.8 Å². The van der Waals surface area contributed by atoms with Crippen molar-refractivity contribution >= 4 is 32.9 Å². The molecule has 2 aromatic carbocycles. The summed E-state index contributed by atoms with van der Waals surface area (Å²) in [5.41, 5.74) is 3.61. The lowest BCUT2D eigenvalue weighted by Crippen LogP contribution is -2.30. The summed E-state index contributed by atoms with van der Waals surface area (Å²) in [6.07, 6.45) is 0. The van der Waals surface area contributed by atoms with Crippen LogP contribution in [0, 0.1) is 6.92 Å². The van der Waals surface area contributed by atoms with E-state index in [2.05, 4.69) is 24.0 Å². The molecule has 0 fully saturated rings. The van der Waals surface area contributed by atoms with Gasteiger partial charge in [-0.05, 0) is 36.2 Å². The maximum Gasteiger partial charge on any atom is 0.257 e. The van der Waals surface area contributed by atoms with Crippen molar-refractivity contribution in [3.63, 3.8) is 0 Å². The number of fused-ring (bicyclic) bond motifs is 1. The molecule has 0 bridgehead atoms. The van der Waals surface area contributed by atoms with Crippen LogP contribution in [0.1, 0.15) is 25.0 Å². The van der Waals surface area contributed by atoms with Crippen LogP contribution >= 0.6 is 11.8 Å². The first kappa shape index (κ1) is 18.9. The Morgan fingerprint density at radius 1 is 1.12 bits per heavy atom. The number of nitrogens with zero attached hydrogens (tertiary/aromatic N) is 2. The Bertz CT molecular complexity index is 1010. The summed E-state index contributed by atoms with van der Waals surface area (Å²) in [6.45, 7) is 6.61. The van der Waals surface area contributed by atoms with Crippen LogP contribution in [0.25, 0.3) is 11.1 Å². The van der Waals surface area contributed by atoms with Crippen molar-refractivity contribution in [1.29, 1.82) is 0 Å². The molecule has 0 amide bonds. The van der Waals surface area contributed by atoms with E-state index in [0.717, 1.165) is 5.75 Å². The predicted octanol–water partition coefficient (Wildman–Crippen LogP) is 4.46. The number of thioether (sulfide) groups is 1. The first-order chi connectivity index (χ1) is 12.5. The van der Waals surface area contributed by atoms with E-state index in [-0.39, 0.29) is 4.90 Å². The zero-order chi connectivity index (χ0) is 18.7. The van der Waals surface area contributed by atoms with Gasteiger partial charge in [-0.25, -0.2) is 13.4 Å². The Hall–Kier alpha value is -1.83. The topological polar surface area (TPSA) is 63.4 Å². The van der Waals surface area contributed by atoms with E-state index in [4.69, 9.17) is 4.42 Å². The Morgan fingerprint density at radius 2 is 1.85 bits per heavy atom. The molecule has 0 radical (unpaired) electrons. The van der Waals surface area contributed by atoms with Gasteiger partial charge < -0.3 is 4.42 Å². The van der Waals surface area contributed by atoms with Gasteiger partial charge in [0.1, 0.15) is 5.52 Å². The van der Waals surface area contributed by atoms with Gasteiger partial charge in [0.05, 0.1) is 4.90 Å². The van der Waals surface area contributed by atoms with Crippen molar-refractivity contribution in [2.75, 3.05) is 13.1 Å². The van der Waals surface area contributed by atoms with E-state index in [1.54, 1.807) is 18.2 Å². The SMILES string of the molecule is CCN(CC)S(=O)(=O)c1ccc2oc(SCc3ccccc3C)nc2c1. The van der Waals surface area contributed by atoms with Crippen LogP contribution in [-0.4, -0.2) is 30.8 Å². The lowest BCUT2D eigenvalue weighted by Gasteiger charge is -2.18. The molecule has 3 rings (SSSR count). The van der Waals surface area contributed by atoms with Gasteiger partial charge in [-0.2, -0.15) is 4.31 Å². The van der Waals surface area contributed by atoms with Gasteiger partial charge >= 0.3 is 0 Å². The van der Waals surface area contributed by atoms with Crippen LogP contribution in [0.3, 0.4) is 0 Å². The molecule has 7 heteroatoms. The van der Waals surface area contributed by atoms with Crippen molar-refractivity contribution < 1.29 is 12.8 Å². The predicted molar refractivity (Wildman–Crippen MR) is 105 cm³/mol. The van der Waals surface area contributed by atoms with Crippen LogP contribution in [0.2, 0.25) is 0 Å². The van der Waals surface area contributed by atoms with Crippen molar-refractivity contribution in [3.05, 3.63) is 53.6 Å². The third kappa shape index (κ3) is 3.79. The minimum Gasteiger partial charge on any atom is -0.431 e. The van der Waals surface area contributed by atoms with Crippen LogP contribution in [0.15, 0.2) is 57.0 Å². The standard InChI is InChI=1S/C19H22N2O3S2/c1-4-21(5-2)26(22,23)16-10-11-18-17(12-16)20-19(24-18)25-13-15-9-7-6-8-14(15)3/h6-12H,4-5,13H2,1-3H3. The van der Waals surface area contributed by atoms with Crippen molar-refractivity contribution in [3.8, 4) is 0 Å². The molecule has 0 atom stereocenters. The first-order valence-corrected chi connectivity index (χ1v) is 11.0. The molecule has 0 aliphatic heterocycles. The summed E-state index contributed by atoms with van der Waals surface area (Å²) < 4.78 is 32.5. The van der Waals surface area contributed by atoms with Gasteiger partial charge in [-0.15, -0.1) is 0 Å². The maximum absolute atomic E-state index is 12.7. The van der Waals surface area contributed by atoms with Gasteiger partial charge in [0, 0.05) is 18.8 Å². The summed E-state index contributed by atoms with van der Waals surface area (Å²) in [4.78, 5) is 4.70. The van der Waals surface area contributed by atoms with Crippen LogP contribution < -0.4 is 0 Å². The van der Waals surface area contributed by atoms with Crippen LogP contribution in [0.5, 0.6) is 0 Å². The third-order valence-corrected chi connectivity index (χ3v) is 7.22. The van der Waals surface area contributed by atoms with Gasteiger partial charge in [-0.3, -0.25) is 0 Å². The second kappa shape index (κ2) is 7.82. The third-order valence-electron chi connectivity index (χ3n) is 4.30. The molecule has 1 aromatic heterocycles. The van der Waals surface area contributed by atoms with Crippen molar-refractivity contribution in [1.82, 2.24) is 9.29 Å². The lowest BCUT2D eigenvalue weighted by atomic mass is 10.1. The maximum atomic E-state index is 12.7. The van der Waals surface area contributed by atoms with E-state index >= 15 is 0 Å². The monoisotopic (exact) mass is 390 g/mol. The number of rotatable bonds is 7. The number of hydrogen-bond acceptors (Lipinski definition) is 5. The summed E-state index contributed by atoms with van der Waals surface area (Å²) in [7, 11) is -3.50. The van der Waals surface area contributed by atoms with Crippen molar-refractivity contribution in [2.24, 2.45) is 0 Å². The molecular formula is C19H22N2O3S2. The smallest absolute Gasteiger partial charge is 0.257 e. The lowest BCUT2D eigenvalue weighted by molar-refractivity contribution is 0.445. The molecule has 0 aliphatic carbocycles. The second-order valence-corrected chi connectivity index (χ2v) is 8.78. The zero-order valence-corrected chi connectivity index (χ0v) is 16.7.